The Bertz CT molecular complexity index is 433. The van der Waals surface area contributed by atoms with Gasteiger partial charge in [-0.05, 0) is 38.1 Å². The molecule has 0 aliphatic carbocycles. The molecule has 0 aromatic heterocycles. The number of carbonyl (C=O) groups is 1. The van der Waals surface area contributed by atoms with Crippen LogP contribution in [0.1, 0.15) is 16.8 Å². The molecule has 0 radical (unpaired) electrons. The summed E-state index contributed by atoms with van der Waals surface area (Å²) in [7, 11) is 1.93. The van der Waals surface area contributed by atoms with Crippen LogP contribution >= 0.6 is 35.6 Å². The van der Waals surface area contributed by atoms with E-state index in [9.17, 15) is 4.79 Å². The first-order valence-electron chi connectivity index (χ1n) is 6.01. The van der Waals surface area contributed by atoms with Gasteiger partial charge in [0.25, 0.3) is 5.91 Å². The first-order valence-corrected chi connectivity index (χ1v) is 6.77. The molecule has 0 saturated carbocycles. The standard InChI is InChI=1S/C13H16Cl2N2O.ClH/c1-16-7-9-5-6-17(8-9)13(18)12-10(14)3-2-4-11(12)15;/h2-4,9,16H,5-8H2,1H3;1H. The third kappa shape index (κ3) is 3.76. The van der Waals surface area contributed by atoms with Gasteiger partial charge in [-0.1, -0.05) is 29.3 Å². The fraction of sp³-hybridized carbons (Fsp3) is 0.462. The molecule has 6 heteroatoms. The van der Waals surface area contributed by atoms with Gasteiger partial charge in [-0.2, -0.15) is 0 Å². The van der Waals surface area contributed by atoms with E-state index in [0.29, 0.717) is 21.5 Å². The van der Waals surface area contributed by atoms with Crippen molar-refractivity contribution in [2.45, 2.75) is 6.42 Å². The van der Waals surface area contributed by atoms with Crippen molar-refractivity contribution in [1.29, 1.82) is 0 Å². The summed E-state index contributed by atoms with van der Waals surface area (Å²) in [5, 5.41) is 3.98. The van der Waals surface area contributed by atoms with E-state index in [2.05, 4.69) is 5.32 Å². The van der Waals surface area contributed by atoms with E-state index in [1.807, 2.05) is 11.9 Å². The van der Waals surface area contributed by atoms with Crippen molar-refractivity contribution in [1.82, 2.24) is 10.2 Å². The molecule has 1 aliphatic rings. The second-order valence-corrected chi connectivity index (χ2v) is 5.37. The average Bonchev–Trinajstić information content (AvgIpc) is 2.78. The highest BCUT2D eigenvalue weighted by molar-refractivity contribution is 6.39. The highest BCUT2D eigenvalue weighted by Gasteiger charge is 2.28. The predicted octanol–water partition coefficient (Wildman–Crippen LogP) is 3.10. The Morgan fingerprint density at radius 1 is 1.42 bits per heavy atom. The van der Waals surface area contributed by atoms with E-state index < -0.39 is 0 Å². The number of benzene rings is 1. The fourth-order valence-corrected chi connectivity index (χ4v) is 2.89. The molecule has 1 aliphatic heterocycles. The largest absolute Gasteiger partial charge is 0.338 e. The zero-order chi connectivity index (χ0) is 13.1. The molecule has 0 spiro atoms. The van der Waals surface area contributed by atoms with E-state index in [4.69, 9.17) is 23.2 Å². The molecule has 3 nitrogen and oxygen atoms in total. The molecule has 1 fully saturated rings. The van der Waals surface area contributed by atoms with E-state index >= 15 is 0 Å². The van der Waals surface area contributed by atoms with Crippen LogP contribution < -0.4 is 5.32 Å². The van der Waals surface area contributed by atoms with Crippen molar-refractivity contribution in [3.63, 3.8) is 0 Å². The number of halogens is 3. The molecular formula is C13H17Cl3N2O. The highest BCUT2D eigenvalue weighted by atomic mass is 35.5. The minimum absolute atomic E-state index is 0. The van der Waals surface area contributed by atoms with Crippen molar-refractivity contribution in [3.05, 3.63) is 33.8 Å². The summed E-state index contributed by atoms with van der Waals surface area (Å²) in [5.74, 6) is 0.449. The van der Waals surface area contributed by atoms with Crippen LogP contribution in [0, 0.1) is 5.92 Å². The van der Waals surface area contributed by atoms with Gasteiger partial charge in [-0.15, -0.1) is 12.4 Å². The maximum Gasteiger partial charge on any atom is 0.256 e. The van der Waals surface area contributed by atoms with Crippen molar-refractivity contribution in [2.75, 3.05) is 26.7 Å². The van der Waals surface area contributed by atoms with Gasteiger partial charge < -0.3 is 10.2 Å². The zero-order valence-electron chi connectivity index (χ0n) is 10.7. The molecule has 1 heterocycles. The second kappa shape index (κ2) is 7.34. The summed E-state index contributed by atoms with van der Waals surface area (Å²) < 4.78 is 0. The molecule has 1 unspecified atom stereocenters. The Kier molecular flexibility index (Phi) is 6.40. The Morgan fingerprint density at radius 3 is 2.63 bits per heavy atom. The van der Waals surface area contributed by atoms with Crippen molar-refractivity contribution >= 4 is 41.5 Å². The molecule has 1 amide bonds. The molecule has 1 saturated heterocycles. The summed E-state index contributed by atoms with van der Waals surface area (Å²) >= 11 is 12.1. The molecule has 1 atom stereocenters. The van der Waals surface area contributed by atoms with Gasteiger partial charge >= 0.3 is 0 Å². The highest BCUT2D eigenvalue weighted by Crippen LogP contribution is 2.27. The molecule has 106 valence electrons. The third-order valence-electron chi connectivity index (χ3n) is 3.24. The lowest BCUT2D eigenvalue weighted by atomic mass is 10.1. The molecule has 0 bridgehead atoms. The minimum atomic E-state index is -0.0656. The minimum Gasteiger partial charge on any atom is -0.338 e. The van der Waals surface area contributed by atoms with Gasteiger partial charge in [0, 0.05) is 13.1 Å². The Labute approximate surface area is 129 Å². The SMILES string of the molecule is CNCC1CCN(C(=O)c2c(Cl)cccc2Cl)C1.Cl. The Morgan fingerprint density at radius 2 is 2.05 bits per heavy atom. The summed E-state index contributed by atoms with van der Waals surface area (Å²) in [5.41, 5.74) is 0.422. The van der Waals surface area contributed by atoms with Gasteiger partial charge in [0.1, 0.15) is 0 Å². The number of nitrogens with zero attached hydrogens (tertiary/aromatic N) is 1. The summed E-state index contributed by atoms with van der Waals surface area (Å²) in [6, 6.07) is 5.14. The predicted molar refractivity (Wildman–Crippen MR) is 81.6 cm³/mol. The first kappa shape index (κ1) is 16.6. The molecule has 19 heavy (non-hydrogen) atoms. The molecular weight excluding hydrogens is 307 g/mol. The van der Waals surface area contributed by atoms with Crippen LogP contribution in [0.4, 0.5) is 0 Å². The lowest BCUT2D eigenvalue weighted by Gasteiger charge is -2.18. The van der Waals surface area contributed by atoms with Crippen molar-refractivity contribution < 1.29 is 4.79 Å². The quantitative estimate of drug-likeness (QED) is 0.927. The van der Waals surface area contributed by atoms with Crippen LogP contribution in [0.3, 0.4) is 0 Å². The number of amides is 1. The van der Waals surface area contributed by atoms with Crippen LogP contribution in [0.25, 0.3) is 0 Å². The van der Waals surface area contributed by atoms with Gasteiger partial charge in [0.05, 0.1) is 15.6 Å². The van der Waals surface area contributed by atoms with E-state index in [-0.39, 0.29) is 18.3 Å². The maximum atomic E-state index is 12.4. The monoisotopic (exact) mass is 322 g/mol. The number of hydrogen-bond acceptors (Lipinski definition) is 2. The lowest BCUT2D eigenvalue weighted by molar-refractivity contribution is 0.0787. The van der Waals surface area contributed by atoms with Crippen LogP contribution in [-0.2, 0) is 0 Å². The number of hydrogen-bond donors (Lipinski definition) is 1. The second-order valence-electron chi connectivity index (χ2n) is 4.56. The maximum absolute atomic E-state index is 12.4. The Hall–Kier alpha value is -0.480. The van der Waals surface area contributed by atoms with Crippen molar-refractivity contribution in [3.8, 4) is 0 Å². The molecule has 1 aromatic carbocycles. The molecule has 2 rings (SSSR count). The number of nitrogens with one attached hydrogen (secondary N) is 1. The topological polar surface area (TPSA) is 32.3 Å². The van der Waals surface area contributed by atoms with Crippen LogP contribution in [0.2, 0.25) is 10.0 Å². The van der Waals surface area contributed by atoms with E-state index in [1.54, 1.807) is 18.2 Å². The lowest BCUT2D eigenvalue weighted by Crippen LogP contribution is -2.30. The summed E-state index contributed by atoms with van der Waals surface area (Å²) in [6.07, 6.45) is 1.02. The van der Waals surface area contributed by atoms with Crippen LogP contribution in [0.5, 0.6) is 0 Å². The Balaban J connectivity index is 0.00000180. The zero-order valence-corrected chi connectivity index (χ0v) is 13.0. The van der Waals surface area contributed by atoms with Gasteiger partial charge in [-0.25, -0.2) is 0 Å². The normalized spacial score (nSPS) is 18.3. The average molecular weight is 324 g/mol. The first-order chi connectivity index (χ1) is 8.63. The number of carbonyl (C=O) groups excluding carboxylic acids is 1. The number of rotatable bonds is 3. The third-order valence-corrected chi connectivity index (χ3v) is 3.87. The molecule has 1 aromatic rings. The number of likely N-dealkylation sites (tertiary alicyclic amines) is 1. The van der Waals surface area contributed by atoms with Gasteiger partial charge in [0.15, 0.2) is 0 Å². The smallest absolute Gasteiger partial charge is 0.256 e. The van der Waals surface area contributed by atoms with E-state index in [0.717, 1.165) is 26.1 Å². The van der Waals surface area contributed by atoms with Gasteiger partial charge in [-0.3, -0.25) is 4.79 Å². The summed E-state index contributed by atoms with van der Waals surface area (Å²) in [4.78, 5) is 14.2. The molecule has 1 N–H and O–H groups in total. The van der Waals surface area contributed by atoms with Crippen molar-refractivity contribution in [2.24, 2.45) is 5.92 Å². The fourth-order valence-electron chi connectivity index (χ4n) is 2.33. The van der Waals surface area contributed by atoms with E-state index in [1.165, 1.54) is 0 Å². The summed E-state index contributed by atoms with van der Waals surface area (Å²) in [6.45, 7) is 2.47. The van der Waals surface area contributed by atoms with Crippen LogP contribution in [0.15, 0.2) is 18.2 Å². The van der Waals surface area contributed by atoms with Gasteiger partial charge in [0.2, 0.25) is 0 Å². The van der Waals surface area contributed by atoms with Crippen LogP contribution in [-0.4, -0.2) is 37.5 Å².